The van der Waals surface area contributed by atoms with Crippen molar-refractivity contribution in [2.45, 2.75) is 25.8 Å². The summed E-state index contributed by atoms with van der Waals surface area (Å²) in [5.41, 5.74) is 0.794. The predicted octanol–water partition coefficient (Wildman–Crippen LogP) is 4.51. The summed E-state index contributed by atoms with van der Waals surface area (Å²) in [5, 5.41) is 0. The second kappa shape index (κ2) is 6.52. The second-order valence-corrected chi connectivity index (χ2v) is 5.79. The number of unbranched alkanes of at least 4 members (excludes halogenated alkanes) is 2. The Bertz CT molecular complexity index is 619. The van der Waals surface area contributed by atoms with Crippen LogP contribution in [0.3, 0.4) is 0 Å². The zero-order valence-electron chi connectivity index (χ0n) is 10.7. The number of benzene rings is 1. The fourth-order valence-corrected chi connectivity index (χ4v) is 2.88. The Morgan fingerprint density at radius 3 is 2.79 bits per heavy atom. The molecule has 1 heterocycles. The molecular formula is C13H16F2N2S2. The van der Waals surface area contributed by atoms with Gasteiger partial charge in [-0.3, -0.25) is 0 Å². The smallest absolute Gasteiger partial charge is 0.178 e. The van der Waals surface area contributed by atoms with Crippen LogP contribution in [0, 0.1) is 16.4 Å². The minimum Gasteiger partial charge on any atom is -0.328 e. The molecule has 2 rings (SSSR count). The maximum atomic E-state index is 13.6. The van der Waals surface area contributed by atoms with Crippen molar-refractivity contribution in [2.75, 3.05) is 12.0 Å². The van der Waals surface area contributed by atoms with Crippen molar-refractivity contribution in [1.29, 1.82) is 0 Å². The number of nitrogens with zero attached hydrogens (tertiary/aromatic N) is 1. The molecule has 1 N–H and O–H groups in total. The number of hydrogen-bond acceptors (Lipinski definition) is 2. The molecule has 0 fully saturated rings. The number of nitrogens with one attached hydrogen (secondary N) is 1. The van der Waals surface area contributed by atoms with Gasteiger partial charge in [0, 0.05) is 12.6 Å². The molecule has 19 heavy (non-hydrogen) atoms. The third kappa shape index (κ3) is 3.36. The largest absolute Gasteiger partial charge is 0.328 e. The van der Waals surface area contributed by atoms with E-state index in [1.54, 1.807) is 4.57 Å². The van der Waals surface area contributed by atoms with E-state index >= 15 is 0 Å². The third-order valence-electron chi connectivity index (χ3n) is 3.03. The van der Waals surface area contributed by atoms with Crippen molar-refractivity contribution >= 4 is 35.0 Å². The molecule has 0 aliphatic heterocycles. The number of aromatic nitrogens is 2. The van der Waals surface area contributed by atoms with E-state index in [1.807, 2.05) is 11.8 Å². The Labute approximate surface area is 120 Å². The maximum absolute atomic E-state index is 13.6. The average Bonchev–Trinajstić information content (AvgIpc) is 2.67. The van der Waals surface area contributed by atoms with E-state index in [0.29, 0.717) is 16.8 Å². The van der Waals surface area contributed by atoms with Gasteiger partial charge in [-0.25, -0.2) is 8.78 Å². The number of aromatic amines is 1. The Morgan fingerprint density at radius 2 is 2.05 bits per heavy atom. The monoisotopic (exact) mass is 302 g/mol. The van der Waals surface area contributed by atoms with Gasteiger partial charge in [0.25, 0.3) is 0 Å². The van der Waals surface area contributed by atoms with Gasteiger partial charge < -0.3 is 9.55 Å². The van der Waals surface area contributed by atoms with E-state index in [2.05, 4.69) is 11.2 Å². The number of halogens is 2. The Hall–Kier alpha value is -0.880. The summed E-state index contributed by atoms with van der Waals surface area (Å²) in [5.74, 6) is -0.0277. The molecule has 6 heteroatoms. The quantitative estimate of drug-likeness (QED) is 0.626. The van der Waals surface area contributed by atoms with Crippen molar-refractivity contribution in [3.8, 4) is 0 Å². The van der Waals surface area contributed by atoms with Crippen LogP contribution >= 0.6 is 24.0 Å². The van der Waals surface area contributed by atoms with Gasteiger partial charge in [0.1, 0.15) is 11.3 Å². The standard InChI is InChI=1S/C13H16F2N2S2/c1-19-6-4-2-3-5-17-11-8-9(14)7-10(15)12(11)16-13(17)18/h7-8H,2-6H2,1H3,(H,16,18). The van der Waals surface area contributed by atoms with Crippen molar-refractivity contribution in [2.24, 2.45) is 0 Å². The molecule has 0 amide bonds. The summed E-state index contributed by atoms with van der Waals surface area (Å²) in [6.07, 6.45) is 5.29. The molecule has 0 aliphatic rings. The lowest BCUT2D eigenvalue weighted by Gasteiger charge is -2.04. The van der Waals surface area contributed by atoms with Gasteiger partial charge in [0.05, 0.1) is 5.52 Å². The lowest BCUT2D eigenvalue weighted by molar-refractivity contribution is 0.587. The number of thioether (sulfide) groups is 1. The van der Waals surface area contributed by atoms with Crippen molar-refractivity contribution < 1.29 is 8.78 Å². The normalized spacial score (nSPS) is 11.3. The van der Waals surface area contributed by atoms with Crippen molar-refractivity contribution in [3.05, 3.63) is 28.5 Å². The third-order valence-corrected chi connectivity index (χ3v) is 4.05. The molecule has 1 aromatic heterocycles. The highest BCUT2D eigenvalue weighted by Crippen LogP contribution is 2.20. The maximum Gasteiger partial charge on any atom is 0.178 e. The van der Waals surface area contributed by atoms with Crippen LogP contribution in [0.25, 0.3) is 11.0 Å². The minimum absolute atomic E-state index is 0.288. The number of aryl methyl sites for hydroxylation is 1. The van der Waals surface area contributed by atoms with E-state index < -0.39 is 11.6 Å². The van der Waals surface area contributed by atoms with Gasteiger partial charge in [-0.15, -0.1) is 0 Å². The Balaban J connectivity index is 2.18. The van der Waals surface area contributed by atoms with Gasteiger partial charge >= 0.3 is 0 Å². The Morgan fingerprint density at radius 1 is 1.26 bits per heavy atom. The molecule has 2 aromatic rings. The zero-order valence-corrected chi connectivity index (χ0v) is 12.3. The summed E-state index contributed by atoms with van der Waals surface area (Å²) < 4.78 is 29.1. The number of rotatable bonds is 6. The molecule has 0 saturated heterocycles. The first kappa shape index (κ1) is 14.5. The molecule has 104 valence electrons. The van der Waals surface area contributed by atoms with Crippen LogP contribution in [0.1, 0.15) is 19.3 Å². The fraction of sp³-hybridized carbons (Fsp3) is 0.462. The van der Waals surface area contributed by atoms with Gasteiger partial charge in [-0.2, -0.15) is 11.8 Å². The van der Waals surface area contributed by atoms with Crippen LogP contribution in [0.5, 0.6) is 0 Å². The number of fused-ring (bicyclic) bond motifs is 1. The first-order chi connectivity index (χ1) is 9.13. The van der Waals surface area contributed by atoms with Crippen LogP contribution in [0.15, 0.2) is 12.1 Å². The average molecular weight is 302 g/mol. The highest BCUT2D eigenvalue weighted by molar-refractivity contribution is 7.98. The van der Waals surface area contributed by atoms with E-state index in [9.17, 15) is 8.78 Å². The van der Waals surface area contributed by atoms with Crippen molar-refractivity contribution in [3.63, 3.8) is 0 Å². The van der Waals surface area contributed by atoms with Gasteiger partial charge in [0.2, 0.25) is 0 Å². The SMILES string of the molecule is CSCCCCCn1c(=S)[nH]c2c(F)cc(F)cc21. The van der Waals surface area contributed by atoms with Gasteiger partial charge in [0.15, 0.2) is 10.6 Å². The highest BCUT2D eigenvalue weighted by atomic mass is 32.2. The van der Waals surface area contributed by atoms with Crippen LogP contribution in [0.2, 0.25) is 0 Å². The molecule has 0 spiro atoms. The molecule has 2 nitrogen and oxygen atoms in total. The van der Waals surface area contributed by atoms with Crippen molar-refractivity contribution in [1.82, 2.24) is 9.55 Å². The van der Waals surface area contributed by atoms with Gasteiger partial charge in [-0.1, -0.05) is 6.42 Å². The minimum atomic E-state index is -0.595. The summed E-state index contributed by atoms with van der Waals surface area (Å²) in [7, 11) is 0. The summed E-state index contributed by atoms with van der Waals surface area (Å²) in [6, 6.07) is 2.20. The van der Waals surface area contributed by atoms with Crippen LogP contribution < -0.4 is 0 Å². The fourth-order valence-electron chi connectivity index (χ4n) is 2.10. The van der Waals surface area contributed by atoms with E-state index in [4.69, 9.17) is 12.2 Å². The van der Waals surface area contributed by atoms with E-state index in [1.165, 1.54) is 6.07 Å². The topological polar surface area (TPSA) is 20.7 Å². The molecule has 0 saturated carbocycles. The predicted molar refractivity (Wildman–Crippen MR) is 79.3 cm³/mol. The summed E-state index contributed by atoms with van der Waals surface area (Å²) >= 11 is 7.00. The lowest BCUT2D eigenvalue weighted by Crippen LogP contribution is -1.98. The molecule has 0 aliphatic carbocycles. The number of imidazole rings is 1. The molecule has 0 bridgehead atoms. The second-order valence-electron chi connectivity index (χ2n) is 4.42. The lowest BCUT2D eigenvalue weighted by atomic mass is 10.2. The summed E-state index contributed by atoms with van der Waals surface area (Å²) in [6.45, 7) is 0.691. The number of hydrogen-bond donors (Lipinski definition) is 1. The van der Waals surface area contributed by atoms with Gasteiger partial charge in [-0.05, 0) is 43.1 Å². The van der Waals surface area contributed by atoms with Crippen LogP contribution in [-0.4, -0.2) is 21.6 Å². The van der Waals surface area contributed by atoms with E-state index in [-0.39, 0.29) is 5.52 Å². The highest BCUT2D eigenvalue weighted by Gasteiger charge is 2.10. The summed E-state index contributed by atoms with van der Waals surface area (Å²) in [4.78, 5) is 2.81. The molecule has 0 atom stereocenters. The first-order valence-electron chi connectivity index (χ1n) is 6.20. The number of H-pyrrole nitrogens is 1. The van der Waals surface area contributed by atoms with Crippen LogP contribution in [0.4, 0.5) is 8.78 Å². The molecular weight excluding hydrogens is 286 g/mol. The Kier molecular flexibility index (Phi) is 4.99. The molecule has 0 radical (unpaired) electrons. The zero-order chi connectivity index (χ0) is 13.8. The molecule has 0 unspecified atom stereocenters. The molecule has 1 aromatic carbocycles. The first-order valence-corrected chi connectivity index (χ1v) is 8.00. The van der Waals surface area contributed by atoms with E-state index in [0.717, 1.165) is 31.1 Å². The van der Waals surface area contributed by atoms with Crippen LogP contribution in [-0.2, 0) is 6.54 Å².